The Hall–Kier alpha value is -0.370. The van der Waals surface area contributed by atoms with Gasteiger partial charge in [0, 0.05) is 0 Å². The Bertz CT molecular complexity index is 134. The van der Waals surface area contributed by atoms with Crippen molar-refractivity contribution in [3.05, 3.63) is 0 Å². The van der Waals surface area contributed by atoms with Gasteiger partial charge in [-0.25, -0.2) is 0 Å². The van der Waals surface area contributed by atoms with Crippen LogP contribution in [0.4, 0.5) is 0 Å². The molecule has 13 heavy (non-hydrogen) atoms. The minimum absolute atomic E-state index is 0.223. The maximum absolute atomic E-state index is 10.6. The van der Waals surface area contributed by atoms with Gasteiger partial charge >= 0.3 is 0 Å². The van der Waals surface area contributed by atoms with Crippen molar-refractivity contribution in [1.29, 1.82) is 0 Å². The summed E-state index contributed by atoms with van der Waals surface area (Å²) in [6, 6.07) is 0. The van der Waals surface area contributed by atoms with Gasteiger partial charge in [-0.05, 0) is 25.8 Å². The first-order valence-corrected chi connectivity index (χ1v) is 5.37. The van der Waals surface area contributed by atoms with Gasteiger partial charge < -0.3 is 5.32 Å². The average Bonchev–Trinajstić information content (AvgIpc) is 2.04. The molecule has 0 aromatic carbocycles. The number of hydrogen-bond acceptors (Lipinski definition) is 2. The zero-order valence-electron chi connectivity index (χ0n) is 9.23. The fraction of sp³-hybridized carbons (Fsp3) is 0.909. The maximum Gasteiger partial charge on any atom is 0.143 e. The highest BCUT2D eigenvalue weighted by atomic mass is 16.1. The molecule has 0 aromatic rings. The third-order valence-corrected chi connectivity index (χ3v) is 2.17. The van der Waals surface area contributed by atoms with Crippen LogP contribution >= 0.6 is 0 Å². The third-order valence-electron chi connectivity index (χ3n) is 2.17. The maximum atomic E-state index is 10.6. The summed E-state index contributed by atoms with van der Waals surface area (Å²) in [6.07, 6.45) is 5.21. The van der Waals surface area contributed by atoms with E-state index in [2.05, 4.69) is 19.2 Å². The zero-order valence-corrected chi connectivity index (χ0v) is 9.23. The number of hydrogen-bond donors (Lipinski definition) is 1. The first-order valence-electron chi connectivity index (χ1n) is 5.37. The van der Waals surface area contributed by atoms with Crippen molar-refractivity contribution in [2.45, 2.75) is 46.5 Å². The number of nitrogens with one attached hydrogen (secondary N) is 1. The smallest absolute Gasteiger partial charge is 0.143 e. The van der Waals surface area contributed by atoms with Gasteiger partial charge in [0.05, 0.1) is 6.54 Å². The van der Waals surface area contributed by atoms with Gasteiger partial charge in [0.15, 0.2) is 0 Å². The van der Waals surface area contributed by atoms with E-state index in [1.807, 2.05) is 0 Å². The van der Waals surface area contributed by atoms with Crippen molar-refractivity contribution >= 4 is 5.78 Å². The van der Waals surface area contributed by atoms with Crippen molar-refractivity contribution in [3.8, 4) is 0 Å². The zero-order chi connectivity index (χ0) is 10.1. The van der Waals surface area contributed by atoms with Crippen molar-refractivity contribution in [2.75, 3.05) is 13.1 Å². The number of carbonyl (C=O) groups is 1. The summed E-state index contributed by atoms with van der Waals surface area (Å²) in [5, 5.41) is 3.16. The second kappa shape index (κ2) is 8.24. The highest BCUT2D eigenvalue weighted by Gasteiger charge is 2.01. The van der Waals surface area contributed by atoms with Gasteiger partial charge in [-0.1, -0.05) is 33.1 Å². The molecule has 0 bridgehead atoms. The van der Waals surface area contributed by atoms with Gasteiger partial charge in [0.1, 0.15) is 5.78 Å². The second-order valence-corrected chi connectivity index (χ2v) is 3.93. The standard InChI is InChI=1S/C11H23NO/c1-4-5-6-7-10(2)8-12-9-11(3)13/h10,12H,4-9H2,1-3H3. The lowest BCUT2D eigenvalue weighted by Crippen LogP contribution is -2.26. The molecular weight excluding hydrogens is 162 g/mol. The average molecular weight is 185 g/mol. The Kier molecular flexibility index (Phi) is 8.00. The molecule has 0 heterocycles. The van der Waals surface area contributed by atoms with Crippen molar-refractivity contribution in [2.24, 2.45) is 5.92 Å². The van der Waals surface area contributed by atoms with Gasteiger partial charge in [-0.15, -0.1) is 0 Å². The van der Waals surface area contributed by atoms with E-state index < -0.39 is 0 Å². The SMILES string of the molecule is CCCCCC(C)CNCC(C)=O. The third kappa shape index (κ3) is 9.54. The number of rotatable bonds is 8. The molecule has 2 nitrogen and oxygen atoms in total. The number of carbonyl (C=O) groups excluding carboxylic acids is 1. The van der Waals surface area contributed by atoms with Gasteiger partial charge in [0.2, 0.25) is 0 Å². The van der Waals surface area contributed by atoms with E-state index in [9.17, 15) is 4.79 Å². The van der Waals surface area contributed by atoms with Crippen LogP contribution in [0.15, 0.2) is 0 Å². The van der Waals surface area contributed by atoms with Crippen LogP contribution in [0.25, 0.3) is 0 Å². The first-order chi connectivity index (χ1) is 6.16. The van der Waals surface area contributed by atoms with Crippen LogP contribution < -0.4 is 5.32 Å². The lowest BCUT2D eigenvalue weighted by molar-refractivity contribution is -0.116. The molecular formula is C11H23NO. The lowest BCUT2D eigenvalue weighted by atomic mass is 10.0. The molecule has 0 aromatic heterocycles. The van der Waals surface area contributed by atoms with Crippen LogP contribution in [0.2, 0.25) is 0 Å². The van der Waals surface area contributed by atoms with E-state index in [0.29, 0.717) is 12.5 Å². The predicted molar refractivity (Wildman–Crippen MR) is 56.9 cm³/mol. The molecule has 0 radical (unpaired) electrons. The Morgan fingerprint density at radius 2 is 2.08 bits per heavy atom. The first kappa shape index (κ1) is 12.6. The van der Waals surface area contributed by atoms with Crippen LogP contribution in [-0.2, 0) is 4.79 Å². The van der Waals surface area contributed by atoms with Crippen LogP contribution in [0, 0.1) is 5.92 Å². The molecule has 0 aliphatic carbocycles. The Balaban J connectivity index is 3.19. The quantitative estimate of drug-likeness (QED) is 0.588. The highest BCUT2D eigenvalue weighted by Crippen LogP contribution is 2.07. The summed E-state index contributed by atoms with van der Waals surface area (Å²) in [7, 11) is 0. The lowest BCUT2D eigenvalue weighted by Gasteiger charge is -2.10. The Morgan fingerprint density at radius 3 is 2.62 bits per heavy atom. The molecule has 0 aliphatic rings. The molecule has 1 atom stereocenters. The summed E-state index contributed by atoms with van der Waals surface area (Å²) in [5.41, 5.74) is 0. The normalized spacial score (nSPS) is 12.8. The summed E-state index contributed by atoms with van der Waals surface area (Å²) < 4.78 is 0. The van der Waals surface area contributed by atoms with Crippen LogP contribution in [0.3, 0.4) is 0 Å². The van der Waals surface area contributed by atoms with Crippen LogP contribution in [-0.4, -0.2) is 18.9 Å². The van der Waals surface area contributed by atoms with E-state index >= 15 is 0 Å². The molecule has 1 unspecified atom stereocenters. The second-order valence-electron chi connectivity index (χ2n) is 3.93. The summed E-state index contributed by atoms with van der Waals surface area (Å²) >= 11 is 0. The van der Waals surface area contributed by atoms with Gasteiger partial charge in [0.25, 0.3) is 0 Å². The number of unbranched alkanes of at least 4 members (excludes halogenated alkanes) is 2. The monoisotopic (exact) mass is 185 g/mol. The highest BCUT2D eigenvalue weighted by molar-refractivity contribution is 5.77. The van der Waals surface area contributed by atoms with E-state index in [0.717, 1.165) is 6.54 Å². The molecule has 0 saturated carbocycles. The van der Waals surface area contributed by atoms with Crippen molar-refractivity contribution < 1.29 is 4.79 Å². The molecule has 0 spiro atoms. The van der Waals surface area contributed by atoms with E-state index in [1.165, 1.54) is 25.7 Å². The summed E-state index contributed by atoms with van der Waals surface area (Å²) in [4.78, 5) is 10.6. The van der Waals surface area contributed by atoms with E-state index in [4.69, 9.17) is 0 Å². The Morgan fingerprint density at radius 1 is 1.38 bits per heavy atom. The van der Waals surface area contributed by atoms with E-state index in [1.54, 1.807) is 6.92 Å². The minimum atomic E-state index is 0.223. The van der Waals surface area contributed by atoms with Crippen molar-refractivity contribution in [1.82, 2.24) is 5.32 Å². The van der Waals surface area contributed by atoms with Gasteiger partial charge in [-0.3, -0.25) is 4.79 Å². The molecule has 1 N–H and O–H groups in total. The number of ketones is 1. The van der Waals surface area contributed by atoms with Crippen LogP contribution in [0.5, 0.6) is 0 Å². The predicted octanol–water partition coefficient (Wildman–Crippen LogP) is 2.38. The molecule has 2 heteroatoms. The largest absolute Gasteiger partial charge is 0.310 e. The summed E-state index contributed by atoms with van der Waals surface area (Å²) in [5.74, 6) is 0.923. The molecule has 0 aliphatic heterocycles. The topological polar surface area (TPSA) is 29.1 Å². The molecule has 0 amide bonds. The fourth-order valence-corrected chi connectivity index (χ4v) is 1.34. The van der Waals surface area contributed by atoms with Gasteiger partial charge in [-0.2, -0.15) is 0 Å². The number of Topliss-reactive ketones (excluding diaryl/α,β-unsaturated/α-hetero) is 1. The summed E-state index contributed by atoms with van der Waals surface area (Å²) in [6.45, 7) is 7.58. The molecule has 0 rings (SSSR count). The fourth-order valence-electron chi connectivity index (χ4n) is 1.34. The van der Waals surface area contributed by atoms with Crippen LogP contribution in [0.1, 0.15) is 46.5 Å². The van der Waals surface area contributed by atoms with E-state index in [-0.39, 0.29) is 5.78 Å². The molecule has 78 valence electrons. The minimum Gasteiger partial charge on any atom is -0.310 e. The molecule has 0 saturated heterocycles. The van der Waals surface area contributed by atoms with Crippen molar-refractivity contribution in [3.63, 3.8) is 0 Å². The molecule has 0 fully saturated rings. The Labute approximate surface area is 82.1 Å².